The molecule has 2 aliphatic rings. The lowest BCUT2D eigenvalue weighted by atomic mass is 9.69. The first kappa shape index (κ1) is 56.4. The molecule has 6 rings (SSSR count). The molecule has 0 N–H and O–H groups in total. The molecule has 0 spiro atoms. The molecule has 0 radical (unpaired) electrons. The van der Waals surface area contributed by atoms with Gasteiger partial charge in [-0.25, -0.2) is 0 Å². The highest BCUT2D eigenvalue weighted by atomic mass is 127. The van der Waals surface area contributed by atoms with Gasteiger partial charge < -0.3 is 9.80 Å². The third-order valence-electron chi connectivity index (χ3n) is 11.8. The van der Waals surface area contributed by atoms with Crippen LogP contribution in [0, 0.1) is 10.8 Å². The van der Waals surface area contributed by atoms with Gasteiger partial charge in [0.2, 0.25) is 11.8 Å². The number of hydrogen-bond acceptors (Lipinski definition) is 2. The molecular formula is C46H34F18I2N2O2. The Labute approximate surface area is 414 Å². The molecule has 2 amide bonds. The van der Waals surface area contributed by atoms with E-state index in [2.05, 4.69) is 0 Å². The first-order valence-corrected chi connectivity index (χ1v) is 22.0. The topological polar surface area (TPSA) is 40.6 Å². The van der Waals surface area contributed by atoms with Crippen LogP contribution in [0.25, 0.3) is 18.3 Å². The number of anilines is 2. The van der Waals surface area contributed by atoms with Gasteiger partial charge in [0, 0.05) is 45.2 Å². The molecule has 2 aliphatic heterocycles. The highest BCUT2D eigenvalue weighted by Crippen LogP contribution is 2.62. The molecule has 70 heavy (non-hydrogen) atoms. The number of nitrogens with zero attached hydrogens (tertiary/aromatic N) is 2. The molecule has 0 unspecified atom stereocenters. The van der Waals surface area contributed by atoms with E-state index in [-0.39, 0.29) is 40.8 Å². The molecule has 0 aromatic heterocycles. The van der Waals surface area contributed by atoms with Crippen molar-refractivity contribution >= 4 is 86.7 Å². The Kier molecular flexibility index (Phi) is 15.2. The third kappa shape index (κ3) is 9.28. The zero-order valence-corrected chi connectivity index (χ0v) is 40.4. The number of para-hydroxylation sites is 2. The molecule has 0 saturated heterocycles. The number of fused-ring (bicyclic) bond motifs is 2. The average molecular weight is 1240 g/mol. The maximum atomic E-state index is 14.8. The fourth-order valence-electron chi connectivity index (χ4n) is 8.15. The van der Waals surface area contributed by atoms with Gasteiger partial charge in [-0.15, -0.1) is 0 Å². The van der Waals surface area contributed by atoms with Gasteiger partial charge >= 0.3 is 47.9 Å². The van der Waals surface area contributed by atoms with Crippen molar-refractivity contribution in [3.63, 3.8) is 0 Å². The minimum absolute atomic E-state index is 0.168. The second-order valence-electron chi connectivity index (χ2n) is 16.6. The van der Waals surface area contributed by atoms with Crippen molar-refractivity contribution in [1.82, 2.24) is 0 Å². The van der Waals surface area contributed by atoms with Gasteiger partial charge in [-0.1, -0.05) is 97.1 Å². The minimum Gasteiger partial charge on any atom is -0.314 e. The Balaban J connectivity index is 0.000000261. The number of hydrogen-bond donors (Lipinski definition) is 0. The van der Waals surface area contributed by atoms with E-state index in [0.717, 1.165) is 23.6 Å². The number of amides is 2. The molecule has 0 aliphatic carbocycles. The minimum atomic E-state index is -7.04. The Morgan fingerprint density at radius 1 is 0.429 bits per heavy atom. The first-order chi connectivity index (χ1) is 31.8. The summed E-state index contributed by atoms with van der Waals surface area (Å²) < 4.78 is 247. The summed E-state index contributed by atoms with van der Waals surface area (Å²) in [5, 5.41) is 0. The first-order valence-electron chi connectivity index (χ1n) is 19.9. The van der Waals surface area contributed by atoms with Crippen molar-refractivity contribution in [2.75, 3.05) is 23.9 Å². The summed E-state index contributed by atoms with van der Waals surface area (Å²) >= 11 is 3.43. The summed E-state index contributed by atoms with van der Waals surface area (Å²) in [7, 11) is 2.35. The zero-order valence-electron chi connectivity index (χ0n) is 36.1. The van der Waals surface area contributed by atoms with Gasteiger partial charge in [0.05, 0.1) is 22.2 Å². The molecule has 4 aromatic rings. The summed E-state index contributed by atoms with van der Waals surface area (Å²) in [5.74, 6) is -41.9. The van der Waals surface area contributed by atoms with Gasteiger partial charge in [-0.2, -0.15) is 79.0 Å². The van der Waals surface area contributed by atoms with Crippen LogP contribution in [0.2, 0.25) is 0 Å². The summed E-state index contributed by atoms with van der Waals surface area (Å²) in [5.41, 5.74) is -3.96. The van der Waals surface area contributed by atoms with E-state index in [1.54, 1.807) is 106 Å². The fraction of sp³-hybridized carbons (Fsp3) is 0.348. The molecule has 2 heterocycles. The lowest BCUT2D eigenvalue weighted by Crippen LogP contribution is -2.62. The van der Waals surface area contributed by atoms with Crippen LogP contribution in [0.5, 0.6) is 0 Å². The molecule has 4 aromatic carbocycles. The van der Waals surface area contributed by atoms with Gasteiger partial charge in [-0.3, -0.25) is 9.59 Å². The Bertz CT molecular complexity index is 2510. The van der Waals surface area contributed by atoms with Crippen LogP contribution < -0.4 is 9.80 Å². The van der Waals surface area contributed by atoms with Crippen molar-refractivity contribution in [3.8, 4) is 0 Å². The maximum Gasteiger partial charge on any atom is 0.460 e. The van der Waals surface area contributed by atoms with Crippen molar-refractivity contribution in [2.24, 2.45) is 10.8 Å². The summed E-state index contributed by atoms with van der Waals surface area (Å²) in [6, 6.07) is 27.6. The van der Waals surface area contributed by atoms with Gasteiger partial charge in [0.1, 0.15) is 0 Å². The molecule has 0 fully saturated rings. The van der Waals surface area contributed by atoms with Crippen LogP contribution in [0.3, 0.4) is 0 Å². The number of benzene rings is 4. The van der Waals surface area contributed by atoms with Crippen LogP contribution in [0.15, 0.2) is 109 Å². The molecule has 380 valence electrons. The number of carbonyl (C=O) groups is 2. The SMILES string of the molecule is CN1C(=O)[C@](C)(CC(F)(F)C(F)(F)C(F)(F)C(F)(F)F)/C(=C(/I)c2ccccc2)c2ccccc21.CN1C(=O)[C@](C)(CC(F)(F)C(F)(F)C(F)(F)C(F)(F)F)/C(=C(/I)c2ccccc2)c2ccccc21. The molecule has 0 saturated carbocycles. The lowest BCUT2D eigenvalue weighted by Gasteiger charge is -2.44. The van der Waals surface area contributed by atoms with E-state index in [9.17, 15) is 88.6 Å². The van der Waals surface area contributed by atoms with Crippen molar-refractivity contribution in [1.29, 1.82) is 0 Å². The van der Waals surface area contributed by atoms with E-state index >= 15 is 0 Å². The van der Waals surface area contributed by atoms with Crippen LogP contribution in [0.4, 0.5) is 90.4 Å². The van der Waals surface area contributed by atoms with E-state index in [4.69, 9.17) is 0 Å². The standard InChI is InChI=1S/2C23H17F9INO/c2*1-19(12-20(24,25)21(26,27)22(28,29)23(30,31)32)16(17(33)13-8-4-3-5-9-13)14-10-6-7-11-15(14)34(2)18(19)35/h2*3-11H,12H2,1-2H3/b2*17-16+/t2*19-/m11/s1. The highest BCUT2D eigenvalue weighted by molar-refractivity contribution is 14.1. The van der Waals surface area contributed by atoms with Gasteiger partial charge in [0.25, 0.3) is 0 Å². The zero-order chi connectivity index (χ0) is 53.2. The van der Waals surface area contributed by atoms with Gasteiger partial charge in [-0.05, 0) is 93.4 Å². The molecule has 0 bridgehead atoms. The molecular weight excluding hydrogens is 1210 g/mol. The van der Waals surface area contributed by atoms with Crippen LogP contribution >= 0.6 is 45.2 Å². The smallest absolute Gasteiger partial charge is 0.314 e. The number of rotatable bonds is 10. The summed E-state index contributed by atoms with van der Waals surface area (Å²) in [6.07, 6.45) is -18.5. The Morgan fingerprint density at radius 2 is 0.686 bits per heavy atom. The van der Waals surface area contributed by atoms with Crippen molar-refractivity contribution in [3.05, 3.63) is 131 Å². The van der Waals surface area contributed by atoms with Crippen LogP contribution in [-0.4, -0.2) is 73.8 Å². The van der Waals surface area contributed by atoms with Crippen molar-refractivity contribution in [2.45, 2.75) is 74.6 Å². The number of carbonyl (C=O) groups excluding carboxylic acids is 2. The van der Waals surface area contributed by atoms with Crippen LogP contribution in [-0.2, 0) is 9.59 Å². The number of alkyl halides is 18. The monoisotopic (exact) mass is 1240 g/mol. The highest BCUT2D eigenvalue weighted by Gasteiger charge is 2.83. The van der Waals surface area contributed by atoms with E-state index < -0.39 is 83.4 Å². The maximum absolute atomic E-state index is 14.8. The van der Waals surface area contributed by atoms with E-state index in [1.165, 1.54) is 62.6 Å². The van der Waals surface area contributed by atoms with E-state index in [0.29, 0.717) is 11.1 Å². The predicted octanol–water partition coefficient (Wildman–Crippen LogP) is 15.7. The molecule has 4 nitrogen and oxygen atoms in total. The Morgan fingerprint density at radius 3 is 0.957 bits per heavy atom. The number of halogens is 20. The third-order valence-corrected chi connectivity index (χ3v) is 14.1. The molecule has 24 heteroatoms. The largest absolute Gasteiger partial charge is 0.460 e. The van der Waals surface area contributed by atoms with Crippen molar-refractivity contribution < 1.29 is 88.6 Å². The normalized spacial score (nSPS) is 21.1. The quantitative estimate of drug-likeness (QED) is 0.117. The Hall–Kier alpha value is -4.50. The predicted molar refractivity (Wildman–Crippen MR) is 241 cm³/mol. The molecule has 2 atom stereocenters. The fourth-order valence-corrected chi connectivity index (χ4v) is 10.6. The second-order valence-corrected chi connectivity index (χ2v) is 18.7. The average Bonchev–Trinajstić information content (AvgIpc) is 3.27. The summed E-state index contributed by atoms with van der Waals surface area (Å²) in [6.45, 7) is 1.68. The van der Waals surface area contributed by atoms with Crippen LogP contribution in [0.1, 0.15) is 48.9 Å². The van der Waals surface area contributed by atoms with Gasteiger partial charge in [0.15, 0.2) is 0 Å². The lowest BCUT2D eigenvalue weighted by molar-refractivity contribution is -0.398. The second kappa shape index (κ2) is 18.8. The summed E-state index contributed by atoms with van der Waals surface area (Å²) in [4.78, 5) is 28.4. The van der Waals surface area contributed by atoms with E-state index in [1.807, 2.05) is 0 Å².